The van der Waals surface area contributed by atoms with Crippen molar-refractivity contribution in [2.24, 2.45) is 5.73 Å². The summed E-state index contributed by atoms with van der Waals surface area (Å²) in [5.74, 6) is -0.728. The zero-order valence-electron chi connectivity index (χ0n) is 12.5. The van der Waals surface area contributed by atoms with Gasteiger partial charge in [0, 0.05) is 11.6 Å². The number of nitrogens with two attached hydrogens (primary N) is 1. The molecule has 0 bridgehead atoms. The minimum atomic E-state index is -0.545. The molecule has 0 aliphatic heterocycles. The molecule has 0 aliphatic carbocycles. The summed E-state index contributed by atoms with van der Waals surface area (Å²) in [4.78, 5) is 12.0. The first kappa shape index (κ1) is 19.7. The van der Waals surface area contributed by atoms with E-state index in [0.29, 0.717) is 22.8 Å². The Kier molecular flexibility index (Phi) is 8.02. The number of anilines is 1. The van der Waals surface area contributed by atoms with Crippen molar-refractivity contribution in [3.8, 4) is 11.8 Å². The highest BCUT2D eigenvalue weighted by molar-refractivity contribution is 6.34. The van der Waals surface area contributed by atoms with Crippen LogP contribution in [0.25, 0.3) is 0 Å². The van der Waals surface area contributed by atoms with Gasteiger partial charge in [-0.3, -0.25) is 4.79 Å². The van der Waals surface area contributed by atoms with Crippen molar-refractivity contribution in [1.82, 2.24) is 0 Å². The number of benzene rings is 2. The maximum atomic E-state index is 12.0. The quantitative estimate of drug-likeness (QED) is 0.664. The van der Waals surface area contributed by atoms with Crippen molar-refractivity contribution in [2.45, 2.75) is 0 Å². The number of aromatic hydroxyl groups is 1. The van der Waals surface area contributed by atoms with Crippen LogP contribution in [-0.2, 0) is 0 Å². The van der Waals surface area contributed by atoms with Crippen LogP contribution in [0, 0.1) is 11.3 Å². The maximum Gasteiger partial charge on any atom is 0.259 e. The minimum Gasteiger partial charge on any atom is -0.507 e. The lowest BCUT2D eigenvalue weighted by molar-refractivity contribution is 0.102. The lowest BCUT2D eigenvalue weighted by Crippen LogP contribution is -2.12. The first-order valence-electron chi connectivity index (χ1n) is 6.73. The topological polar surface area (TPSA) is 119 Å². The number of nitrogens with zero attached hydrogens (tertiary/aromatic N) is 1. The van der Waals surface area contributed by atoms with Crippen LogP contribution in [0.4, 0.5) is 5.69 Å². The van der Waals surface area contributed by atoms with Crippen LogP contribution in [-0.4, -0.2) is 29.3 Å². The molecule has 0 heterocycles. The van der Waals surface area contributed by atoms with E-state index in [4.69, 9.17) is 39.3 Å². The number of phenols is 1. The van der Waals surface area contributed by atoms with Crippen molar-refractivity contribution < 1.29 is 15.0 Å². The van der Waals surface area contributed by atoms with Crippen LogP contribution in [0.3, 0.4) is 0 Å². The average Bonchev–Trinajstić information content (AvgIpc) is 2.58. The Morgan fingerprint density at radius 1 is 1.25 bits per heavy atom. The second kappa shape index (κ2) is 9.75. The minimum absolute atomic E-state index is 0.0397. The molecule has 6 nitrogen and oxygen atoms in total. The van der Waals surface area contributed by atoms with Crippen LogP contribution < -0.4 is 11.1 Å². The van der Waals surface area contributed by atoms with Gasteiger partial charge >= 0.3 is 0 Å². The second-order valence-electron chi connectivity index (χ2n) is 4.43. The van der Waals surface area contributed by atoms with Crippen LogP contribution in [0.1, 0.15) is 15.9 Å². The summed E-state index contributed by atoms with van der Waals surface area (Å²) in [6.07, 6.45) is 0. The molecule has 8 heteroatoms. The molecule has 2 aromatic rings. The van der Waals surface area contributed by atoms with Crippen molar-refractivity contribution in [3.05, 3.63) is 57.6 Å². The number of phenolic OH excluding ortho intramolecular Hbond substituents is 1. The summed E-state index contributed by atoms with van der Waals surface area (Å²) in [5.41, 5.74) is 5.55. The average molecular weight is 368 g/mol. The smallest absolute Gasteiger partial charge is 0.259 e. The summed E-state index contributed by atoms with van der Waals surface area (Å²) in [5, 5.41) is 29.2. The van der Waals surface area contributed by atoms with Crippen LogP contribution in [0.2, 0.25) is 10.0 Å². The molecule has 5 N–H and O–H groups in total. The van der Waals surface area contributed by atoms with E-state index in [1.54, 1.807) is 0 Å². The summed E-state index contributed by atoms with van der Waals surface area (Å²) >= 11 is 11.7. The van der Waals surface area contributed by atoms with E-state index in [1.165, 1.54) is 36.4 Å². The third-order valence-corrected chi connectivity index (χ3v) is 3.23. The fourth-order valence-corrected chi connectivity index (χ4v) is 1.97. The Hall–Kier alpha value is -2.30. The Morgan fingerprint density at radius 2 is 1.92 bits per heavy atom. The third-order valence-electron chi connectivity index (χ3n) is 2.68. The fraction of sp³-hybridized carbons (Fsp3) is 0.125. The second-order valence-corrected chi connectivity index (χ2v) is 5.28. The van der Waals surface area contributed by atoms with Crippen molar-refractivity contribution >= 4 is 34.8 Å². The van der Waals surface area contributed by atoms with Gasteiger partial charge in [0.1, 0.15) is 5.75 Å². The molecule has 0 fully saturated rings. The number of carbonyl (C=O) groups excluding carboxylic acids is 1. The third kappa shape index (κ3) is 5.72. The molecule has 0 saturated carbocycles. The Labute approximate surface area is 149 Å². The number of rotatable bonds is 3. The van der Waals surface area contributed by atoms with Crippen molar-refractivity contribution in [2.75, 3.05) is 18.5 Å². The molecule has 2 rings (SSSR count). The number of halogens is 2. The Morgan fingerprint density at radius 3 is 2.46 bits per heavy atom. The molecular formula is C16H15Cl2N3O3. The predicted molar refractivity (Wildman–Crippen MR) is 93.4 cm³/mol. The van der Waals surface area contributed by atoms with Gasteiger partial charge in [-0.05, 0) is 36.4 Å². The molecular weight excluding hydrogens is 353 g/mol. The molecule has 0 atom stereocenters. The van der Waals surface area contributed by atoms with Gasteiger partial charge in [0.25, 0.3) is 5.91 Å². The number of hydrogen-bond donors (Lipinski definition) is 4. The number of nitriles is 1. The standard InChI is InChI=1S/C14H8Cl2N2O2.C2H7NO/c15-9-2-4-13(19)10(6-9)14(20)18-12-3-1-8(7-17)5-11(12)16;3-1-2-4/h1-6,19H,(H,18,20);4H,1-3H2. The van der Waals surface area contributed by atoms with Crippen LogP contribution >= 0.6 is 23.2 Å². The molecule has 0 spiro atoms. The van der Waals surface area contributed by atoms with E-state index in [1.807, 2.05) is 6.07 Å². The molecule has 1 amide bonds. The molecule has 0 saturated heterocycles. The van der Waals surface area contributed by atoms with E-state index in [-0.39, 0.29) is 22.9 Å². The largest absolute Gasteiger partial charge is 0.507 e. The van der Waals surface area contributed by atoms with Gasteiger partial charge in [-0.15, -0.1) is 0 Å². The normalized spacial score (nSPS) is 9.46. The fourth-order valence-electron chi connectivity index (χ4n) is 1.57. The predicted octanol–water partition coefficient (Wildman–Crippen LogP) is 2.76. The SMILES string of the molecule is N#Cc1ccc(NC(=O)c2cc(Cl)ccc2O)c(Cl)c1.NCCO. The maximum absolute atomic E-state index is 12.0. The number of amides is 1. The number of carbonyl (C=O) groups is 1. The molecule has 0 unspecified atom stereocenters. The van der Waals surface area contributed by atoms with E-state index >= 15 is 0 Å². The lowest BCUT2D eigenvalue weighted by atomic mass is 10.1. The highest BCUT2D eigenvalue weighted by Crippen LogP contribution is 2.26. The number of hydrogen-bond acceptors (Lipinski definition) is 5. The lowest BCUT2D eigenvalue weighted by Gasteiger charge is -2.09. The van der Waals surface area contributed by atoms with Crippen LogP contribution in [0.5, 0.6) is 5.75 Å². The van der Waals surface area contributed by atoms with Gasteiger partial charge in [-0.1, -0.05) is 23.2 Å². The van der Waals surface area contributed by atoms with Crippen LogP contribution in [0.15, 0.2) is 36.4 Å². The van der Waals surface area contributed by atoms with Gasteiger partial charge < -0.3 is 21.3 Å². The highest BCUT2D eigenvalue weighted by Gasteiger charge is 2.13. The van der Waals surface area contributed by atoms with Gasteiger partial charge in [0.2, 0.25) is 0 Å². The summed E-state index contributed by atoms with van der Waals surface area (Å²) in [7, 11) is 0. The first-order valence-corrected chi connectivity index (χ1v) is 7.49. The molecule has 0 aliphatic rings. The number of nitrogens with one attached hydrogen (secondary N) is 1. The zero-order valence-corrected chi connectivity index (χ0v) is 14.0. The Balaban J connectivity index is 0.000000648. The Bertz CT molecular complexity index is 759. The van der Waals surface area contributed by atoms with E-state index in [9.17, 15) is 9.90 Å². The molecule has 24 heavy (non-hydrogen) atoms. The summed E-state index contributed by atoms with van der Waals surface area (Å²) < 4.78 is 0. The number of aliphatic hydroxyl groups is 1. The number of aliphatic hydroxyl groups excluding tert-OH is 1. The molecule has 126 valence electrons. The van der Waals surface area contributed by atoms with Crippen molar-refractivity contribution in [1.29, 1.82) is 5.26 Å². The van der Waals surface area contributed by atoms with Gasteiger partial charge in [0.15, 0.2) is 0 Å². The van der Waals surface area contributed by atoms with Gasteiger partial charge in [0.05, 0.1) is 34.5 Å². The van der Waals surface area contributed by atoms with Gasteiger partial charge in [-0.25, -0.2) is 0 Å². The molecule has 0 aromatic heterocycles. The highest BCUT2D eigenvalue weighted by atomic mass is 35.5. The van der Waals surface area contributed by atoms with E-state index in [2.05, 4.69) is 5.32 Å². The summed E-state index contributed by atoms with van der Waals surface area (Å²) in [6.45, 7) is 0.472. The molecule has 0 radical (unpaired) electrons. The monoisotopic (exact) mass is 367 g/mol. The first-order chi connectivity index (χ1) is 11.4. The molecule has 2 aromatic carbocycles. The summed E-state index contributed by atoms with van der Waals surface area (Å²) in [6, 6.07) is 10.6. The van der Waals surface area contributed by atoms with Gasteiger partial charge in [-0.2, -0.15) is 5.26 Å². The van der Waals surface area contributed by atoms with Crippen molar-refractivity contribution in [3.63, 3.8) is 0 Å². The van der Waals surface area contributed by atoms with E-state index < -0.39 is 5.91 Å². The zero-order chi connectivity index (χ0) is 18.1. The van der Waals surface area contributed by atoms with E-state index in [0.717, 1.165) is 0 Å².